The van der Waals surface area contributed by atoms with Crippen molar-refractivity contribution in [3.63, 3.8) is 0 Å². The van der Waals surface area contributed by atoms with Crippen LogP contribution < -0.4 is 5.73 Å². The van der Waals surface area contributed by atoms with Crippen LogP contribution in [0.4, 0.5) is 5.82 Å². The van der Waals surface area contributed by atoms with Crippen molar-refractivity contribution in [2.45, 2.75) is 13.0 Å². The molecular weight excluding hydrogens is 200 g/mol. The highest BCUT2D eigenvalue weighted by Crippen LogP contribution is 2.03. The number of aromatic nitrogens is 1. The molecule has 0 aliphatic rings. The summed E-state index contributed by atoms with van der Waals surface area (Å²) in [5.41, 5.74) is 6.67. The predicted octanol–water partition coefficient (Wildman–Crippen LogP) is 1.05. The van der Waals surface area contributed by atoms with E-state index in [0.29, 0.717) is 5.82 Å². The molecule has 1 aromatic heterocycles. The van der Waals surface area contributed by atoms with Crippen LogP contribution in [0.15, 0.2) is 18.2 Å². The highest BCUT2D eigenvalue weighted by molar-refractivity contribution is 5.28. The molecule has 0 atom stereocenters. The summed E-state index contributed by atoms with van der Waals surface area (Å²) in [6.45, 7) is 3.06. The molecule has 2 N–H and O–H groups in total. The van der Waals surface area contributed by atoms with E-state index in [2.05, 4.69) is 35.9 Å². The largest absolute Gasteiger partial charge is 0.384 e. The second-order valence-corrected chi connectivity index (χ2v) is 4.45. The molecule has 16 heavy (non-hydrogen) atoms. The van der Waals surface area contributed by atoms with Crippen LogP contribution in [-0.4, -0.2) is 49.0 Å². The van der Waals surface area contributed by atoms with E-state index < -0.39 is 0 Å². The standard InChI is InChI=1S/C12H22N4/c1-15(2)8-5-9-16(3)10-11-6-4-7-12(13)14-11/h4,6-7H,5,8-10H2,1-3H3,(H2,13,14). The Bertz CT molecular complexity index is 312. The number of pyridine rings is 1. The van der Waals surface area contributed by atoms with E-state index in [1.165, 1.54) is 6.42 Å². The van der Waals surface area contributed by atoms with Crippen molar-refractivity contribution in [3.05, 3.63) is 23.9 Å². The van der Waals surface area contributed by atoms with Gasteiger partial charge in [0, 0.05) is 6.54 Å². The Kier molecular flexibility index (Phi) is 5.22. The summed E-state index contributed by atoms with van der Waals surface area (Å²) in [5.74, 6) is 0.596. The number of nitrogens with two attached hydrogens (primary N) is 1. The number of rotatable bonds is 6. The van der Waals surface area contributed by atoms with Gasteiger partial charge in [-0.25, -0.2) is 4.98 Å². The van der Waals surface area contributed by atoms with Crippen molar-refractivity contribution in [2.24, 2.45) is 0 Å². The van der Waals surface area contributed by atoms with Gasteiger partial charge in [-0.1, -0.05) is 6.07 Å². The van der Waals surface area contributed by atoms with Crippen molar-refractivity contribution in [1.82, 2.24) is 14.8 Å². The van der Waals surface area contributed by atoms with Crippen LogP contribution in [0.5, 0.6) is 0 Å². The minimum atomic E-state index is 0.596. The summed E-state index contributed by atoms with van der Waals surface area (Å²) >= 11 is 0. The normalized spacial score (nSPS) is 11.3. The average Bonchev–Trinajstić information content (AvgIpc) is 2.16. The van der Waals surface area contributed by atoms with Crippen LogP contribution in [0.2, 0.25) is 0 Å². The zero-order chi connectivity index (χ0) is 12.0. The molecule has 0 fully saturated rings. The smallest absolute Gasteiger partial charge is 0.123 e. The molecule has 0 spiro atoms. The van der Waals surface area contributed by atoms with Gasteiger partial charge in [0.05, 0.1) is 5.69 Å². The maximum absolute atomic E-state index is 5.64. The third kappa shape index (κ3) is 5.09. The Morgan fingerprint density at radius 3 is 2.56 bits per heavy atom. The summed E-state index contributed by atoms with van der Waals surface area (Å²) in [6.07, 6.45) is 1.17. The van der Waals surface area contributed by atoms with E-state index in [1.54, 1.807) is 0 Å². The first-order chi connectivity index (χ1) is 7.58. The van der Waals surface area contributed by atoms with Crippen molar-refractivity contribution in [2.75, 3.05) is 40.0 Å². The third-order valence-corrected chi connectivity index (χ3v) is 2.41. The van der Waals surface area contributed by atoms with Gasteiger partial charge in [-0.05, 0) is 52.8 Å². The molecule has 0 saturated carbocycles. The molecule has 0 saturated heterocycles. The molecule has 0 unspecified atom stereocenters. The zero-order valence-corrected chi connectivity index (χ0v) is 10.5. The first-order valence-electron chi connectivity index (χ1n) is 5.62. The molecule has 0 bridgehead atoms. The van der Waals surface area contributed by atoms with Crippen molar-refractivity contribution >= 4 is 5.82 Å². The van der Waals surface area contributed by atoms with E-state index >= 15 is 0 Å². The van der Waals surface area contributed by atoms with Crippen molar-refractivity contribution in [1.29, 1.82) is 0 Å². The summed E-state index contributed by atoms with van der Waals surface area (Å²) in [4.78, 5) is 8.75. The summed E-state index contributed by atoms with van der Waals surface area (Å²) in [5, 5.41) is 0. The minimum Gasteiger partial charge on any atom is -0.384 e. The van der Waals surface area contributed by atoms with Gasteiger partial charge in [-0.3, -0.25) is 0 Å². The number of anilines is 1. The molecule has 0 aromatic carbocycles. The maximum Gasteiger partial charge on any atom is 0.123 e. The molecule has 1 aromatic rings. The molecule has 0 radical (unpaired) electrons. The van der Waals surface area contributed by atoms with Crippen molar-refractivity contribution in [3.8, 4) is 0 Å². The monoisotopic (exact) mass is 222 g/mol. The highest BCUT2D eigenvalue weighted by Gasteiger charge is 2.02. The fraction of sp³-hybridized carbons (Fsp3) is 0.583. The molecule has 0 aliphatic carbocycles. The molecule has 0 aliphatic heterocycles. The Labute approximate surface area is 98.1 Å². The molecule has 0 amide bonds. The molecule has 1 heterocycles. The SMILES string of the molecule is CN(C)CCCN(C)Cc1cccc(N)n1. The molecule has 4 nitrogen and oxygen atoms in total. The van der Waals surface area contributed by atoms with Crippen molar-refractivity contribution < 1.29 is 0 Å². The van der Waals surface area contributed by atoms with Crippen LogP contribution >= 0.6 is 0 Å². The zero-order valence-electron chi connectivity index (χ0n) is 10.5. The van der Waals surface area contributed by atoms with Crippen LogP contribution in [0.3, 0.4) is 0 Å². The molecule has 90 valence electrons. The Morgan fingerprint density at radius 2 is 1.94 bits per heavy atom. The highest BCUT2D eigenvalue weighted by atomic mass is 15.1. The fourth-order valence-corrected chi connectivity index (χ4v) is 1.60. The van der Waals surface area contributed by atoms with Gasteiger partial charge in [-0.15, -0.1) is 0 Å². The molecule has 4 heteroatoms. The Morgan fingerprint density at radius 1 is 1.19 bits per heavy atom. The van der Waals surface area contributed by atoms with Crippen LogP contribution in [-0.2, 0) is 6.54 Å². The number of hydrogen-bond acceptors (Lipinski definition) is 4. The van der Waals surface area contributed by atoms with Gasteiger partial charge in [0.15, 0.2) is 0 Å². The first-order valence-corrected chi connectivity index (χ1v) is 5.62. The van der Waals surface area contributed by atoms with E-state index in [9.17, 15) is 0 Å². The first kappa shape index (κ1) is 12.9. The second-order valence-electron chi connectivity index (χ2n) is 4.45. The third-order valence-electron chi connectivity index (χ3n) is 2.41. The number of nitrogens with zero attached hydrogens (tertiary/aromatic N) is 3. The van der Waals surface area contributed by atoms with E-state index in [4.69, 9.17) is 5.73 Å². The lowest BCUT2D eigenvalue weighted by atomic mass is 10.3. The predicted molar refractivity (Wildman–Crippen MR) is 68.2 cm³/mol. The van der Waals surface area contributed by atoms with E-state index in [0.717, 1.165) is 25.3 Å². The lowest BCUT2D eigenvalue weighted by Gasteiger charge is -2.17. The van der Waals surface area contributed by atoms with Crippen LogP contribution in [0, 0.1) is 0 Å². The van der Waals surface area contributed by atoms with Crippen LogP contribution in [0.1, 0.15) is 12.1 Å². The van der Waals surface area contributed by atoms with Gasteiger partial charge < -0.3 is 15.5 Å². The molecule has 1 rings (SSSR count). The van der Waals surface area contributed by atoms with Gasteiger partial charge >= 0.3 is 0 Å². The Hall–Kier alpha value is -1.13. The summed E-state index contributed by atoms with van der Waals surface area (Å²) < 4.78 is 0. The minimum absolute atomic E-state index is 0.596. The number of hydrogen-bond donors (Lipinski definition) is 1. The lowest BCUT2D eigenvalue weighted by Crippen LogP contribution is -2.23. The van der Waals surface area contributed by atoms with Gasteiger partial charge in [0.25, 0.3) is 0 Å². The summed E-state index contributed by atoms with van der Waals surface area (Å²) in [7, 11) is 6.30. The molecular formula is C12H22N4. The second kappa shape index (κ2) is 6.45. The van der Waals surface area contributed by atoms with E-state index in [-0.39, 0.29) is 0 Å². The average molecular weight is 222 g/mol. The van der Waals surface area contributed by atoms with Gasteiger partial charge in [0.1, 0.15) is 5.82 Å². The summed E-state index contributed by atoms with van der Waals surface area (Å²) in [6, 6.07) is 5.78. The topological polar surface area (TPSA) is 45.4 Å². The van der Waals surface area contributed by atoms with Gasteiger partial charge in [0.2, 0.25) is 0 Å². The quantitative estimate of drug-likeness (QED) is 0.781. The fourth-order valence-electron chi connectivity index (χ4n) is 1.60. The number of nitrogen functional groups attached to an aromatic ring is 1. The van der Waals surface area contributed by atoms with Crippen LogP contribution in [0.25, 0.3) is 0 Å². The lowest BCUT2D eigenvalue weighted by molar-refractivity contribution is 0.292. The Balaban J connectivity index is 2.31. The maximum atomic E-state index is 5.64. The van der Waals surface area contributed by atoms with E-state index in [1.807, 2.05) is 18.2 Å². The van der Waals surface area contributed by atoms with Gasteiger partial charge in [-0.2, -0.15) is 0 Å².